The standard InChI is InChI=1S/C13H16N2O3/c14-13(8-10-5-6-12(13)18-10)7-9-3-1-2-4-11(9)15(16)17/h1-4,10,12H,5-8,14H2. The van der Waals surface area contributed by atoms with Crippen molar-refractivity contribution in [3.63, 3.8) is 0 Å². The number of para-hydroxylation sites is 1. The molecule has 3 rings (SSSR count). The summed E-state index contributed by atoms with van der Waals surface area (Å²) < 4.78 is 5.77. The summed E-state index contributed by atoms with van der Waals surface area (Å²) in [5.41, 5.74) is 6.83. The van der Waals surface area contributed by atoms with Crippen molar-refractivity contribution in [2.45, 2.75) is 43.4 Å². The fraction of sp³-hybridized carbons (Fsp3) is 0.538. The van der Waals surface area contributed by atoms with Crippen LogP contribution >= 0.6 is 0 Å². The van der Waals surface area contributed by atoms with Gasteiger partial charge in [0.15, 0.2) is 0 Å². The Hall–Kier alpha value is -1.46. The Morgan fingerprint density at radius 1 is 1.44 bits per heavy atom. The average molecular weight is 248 g/mol. The summed E-state index contributed by atoms with van der Waals surface area (Å²) in [6.07, 6.45) is 3.68. The van der Waals surface area contributed by atoms with E-state index in [0.29, 0.717) is 12.0 Å². The first-order valence-electron chi connectivity index (χ1n) is 6.25. The molecule has 1 aromatic carbocycles. The third-order valence-corrected chi connectivity index (χ3v) is 4.06. The molecule has 2 heterocycles. The molecular weight excluding hydrogens is 232 g/mol. The Balaban J connectivity index is 1.87. The zero-order valence-electron chi connectivity index (χ0n) is 10.0. The Kier molecular flexibility index (Phi) is 2.60. The summed E-state index contributed by atoms with van der Waals surface area (Å²) in [5.74, 6) is 0. The van der Waals surface area contributed by atoms with Gasteiger partial charge in [0.05, 0.1) is 17.1 Å². The molecule has 0 saturated carbocycles. The number of rotatable bonds is 3. The van der Waals surface area contributed by atoms with E-state index in [4.69, 9.17) is 10.5 Å². The number of fused-ring (bicyclic) bond motifs is 2. The molecule has 2 saturated heterocycles. The maximum atomic E-state index is 11.0. The highest BCUT2D eigenvalue weighted by molar-refractivity contribution is 5.41. The Labute approximate surface area is 105 Å². The predicted molar refractivity (Wildman–Crippen MR) is 66.2 cm³/mol. The van der Waals surface area contributed by atoms with Crippen LogP contribution in [0.1, 0.15) is 24.8 Å². The molecule has 18 heavy (non-hydrogen) atoms. The van der Waals surface area contributed by atoms with Crippen LogP contribution in [0.25, 0.3) is 0 Å². The van der Waals surface area contributed by atoms with Crippen molar-refractivity contribution in [3.05, 3.63) is 39.9 Å². The van der Waals surface area contributed by atoms with Gasteiger partial charge in [-0.15, -0.1) is 0 Å². The smallest absolute Gasteiger partial charge is 0.272 e. The molecule has 1 aromatic rings. The van der Waals surface area contributed by atoms with Crippen molar-refractivity contribution < 1.29 is 9.66 Å². The largest absolute Gasteiger partial charge is 0.373 e. The number of hydrogen-bond acceptors (Lipinski definition) is 4. The normalized spacial score (nSPS) is 33.8. The van der Waals surface area contributed by atoms with Gasteiger partial charge in [-0.25, -0.2) is 0 Å². The van der Waals surface area contributed by atoms with Gasteiger partial charge in [0.25, 0.3) is 5.69 Å². The van der Waals surface area contributed by atoms with Gasteiger partial charge in [-0.05, 0) is 25.7 Å². The van der Waals surface area contributed by atoms with E-state index in [9.17, 15) is 10.1 Å². The molecule has 2 bridgehead atoms. The molecule has 3 atom stereocenters. The number of benzene rings is 1. The molecule has 5 nitrogen and oxygen atoms in total. The van der Waals surface area contributed by atoms with Gasteiger partial charge in [0.2, 0.25) is 0 Å². The maximum Gasteiger partial charge on any atom is 0.272 e. The lowest BCUT2D eigenvalue weighted by Gasteiger charge is -2.31. The molecule has 0 amide bonds. The molecule has 3 unspecified atom stereocenters. The summed E-state index contributed by atoms with van der Waals surface area (Å²) >= 11 is 0. The first-order chi connectivity index (χ1) is 8.58. The Morgan fingerprint density at radius 3 is 2.83 bits per heavy atom. The van der Waals surface area contributed by atoms with E-state index in [-0.39, 0.29) is 22.8 Å². The monoisotopic (exact) mass is 248 g/mol. The lowest BCUT2D eigenvalue weighted by molar-refractivity contribution is -0.385. The molecular formula is C13H16N2O3. The lowest BCUT2D eigenvalue weighted by Crippen LogP contribution is -2.50. The molecule has 96 valence electrons. The molecule has 2 fully saturated rings. The first kappa shape index (κ1) is 11.6. The number of nitro benzene ring substituents is 1. The van der Waals surface area contributed by atoms with Gasteiger partial charge in [-0.3, -0.25) is 10.1 Å². The van der Waals surface area contributed by atoms with E-state index in [1.807, 2.05) is 6.07 Å². The summed E-state index contributed by atoms with van der Waals surface area (Å²) in [5, 5.41) is 11.0. The molecule has 0 aromatic heterocycles. The van der Waals surface area contributed by atoms with Crippen LogP contribution in [0.3, 0.4) is 0 Å². The molecule has 0 aliphatic carbocycles. The summed E-state index contributed by atoms with van der Waals surface area (Å²) in [6.45, 7) is 0. The van der Waals surface area contributed by atoms with Gasteiger partial charge in [-0.1, -0.05) is 18.2 Å². The zero-order chi connectivity index (χ0) is 12.8. The minimum Gasteiger partial charge on any atom is -0.373 e. The van der Waals surface area contributed by atoms with Crippen LogP contribution < -0.4 is 5.73 Å². The fourth-order valence-electron chi connectivity index (χ4n) is 3.21. The van der Waals surface area contributed by atoms with Crippen LogP contribution in [0, 0.1) is 10.1 Å². The number of nitrogens with two attached hydrogens (primary N) is 1. The van der Waals surface area contributed by atoms with Crippen LogP contribution in [0.15, 0.2) is 24.3 Å². The highest BCUT2D eigenvalue weighted by atomic mass is 16.6. The number of ether oxygens (including phenoxy) is 1. The minimum absolute atomic E-state index is 0.0577. The van der Waals surface area contributed by atoms with E-state index >= 15 is 0 Å². The predicted octanol–water partition coefficient (Wildman–Crippen LogP) is 1.79. The van der Waals surface area contributed by atoms with Crippen molar-refractivity contribution in [1.29, 1.82) is 0 Å². The molecule has 2 N–H and O–H groups in total. The number of nitrogens with zero attached hydrogens (tertiary/aromatic N) is 1. The molecule has 5 heteroatoms. The summed E-state index contributed by atoms with van der Waals surface area (Å²) in [4.78, 5) is 10.7. The SMILES string of the molecule is NC1(Cc2ccccc2[N+](=O)[O-])CC2CCC1O2. The topological polar surface area (TPSA) is 78.4 Å². The van der Waals surface area contributed by atoms with E-state index in [1.165, 1.54) is 6.07 Å². The molecule has 0 spiro atoms. The van der Waals surface area contributed by atoms with Gasteiger partial charge in [-0.2, -0.15) is 0 Å². The van der Waals surface area contributed by atoms with Gasteiger partial charge < -0.3 is 10.5 Å². The van der Waals surface area contributed by atoms with Crippen LogP contribution in [-0.4, -0.2) is 22.7 Å². The van der Waals surface area contributed by atoms with Crippen LogP contribution in [0.2, 0.25) is 0 Å². The van der Waals surface area contributed by atoms with Crippen LogP contribution in [-0.2, 0) is 11.2 Å². The zero-order valence-corrected chi connectivity index (χ0v) is 10.0. The van der Waals surface area contributed by atoms with Crippen LogP contribution in [0.4, 0.5) is 5.69 Å². The van der Waals surface area contributed by atoms with E-state index in [0.717, 1.165) is 19.3 Å². The van der Waals surface area contributed by atoms with Crippen molar-refractivity contribution in [3.8, 4) is 0 Å². The van der Waals surface area contributed by atoms with E-state index in [1.54, 1.807) is 12.1 Å². The maximum absolute atomic E-state index is 11.0. The fourth-order valence-corrected chi connectivity index (χ4v) is 3.21. The first-order valence-corrected chi connectivity index (χ1v) is 6.25. The van der Waals surface area contributed by atoms with Crippen LogP contribution in [0.5, 0.6) is 0 Å². The second-order valence-corrected chi connectivity index (χ2v) is 5.32. The second-order valence-electron chi connectivity index (χ2n) is 5.32. The van der Waals surface area contributed by atoms with Gasteiger partial charge in [0.1, 0.15) is 0 Å². The average Bonchev–Trinajstić information content (AvgIpc) is 2.89. The Morgan fingerprint density at radius 2 is 2.22 bits per heavy atom. The highest BCUT2D eigenvalue weighted by Gasteiger charge is 2.50. The van der Waals surface area contributed by atoms with Crippen molar-refractivity contribution in [2.24, 2.45) is 5.73 Å². The summed E-state index contributed by atoms with van der Waals surface area (Å²) in [6, 6.07) is 6.83. The van der Waals surface area contributed by atoms with Crippen molar-refractivity contribution in [1.82, 2.24) is 0 Å². The lowest BCUT2D eigenvalue weighted by atomic mass is 9.78. The second kappa shape index (κ2) is 4.03. The minimum atomic E-state index is -0.435. The third-order valence-electron chi connectivity index (χ3n) is 4.06. The highest BCUT2D eigenvalue weighted by Crippen LogP contribution is 2.42. The number of nitro groups is 1. The molecule has 2 aliphatic heterocycles. The third kappa shape index (κ3) is 1.79. The van der Waals surface area contributed by atoms with E-state index < -0.39 is 5.54 Å². The number of hydrogen-bond donors (Lipinski definition) is 1. The Bertz CT molecular complexity index is 491. The van der Waals surface area contributed by atoms with E-state index in [2.05, 4.69) is 0 Å². The molecule has 2 aliphatic rings. The summed E-state index contributed by atoms with van der Waals surface area (Å²) in [7, 11) is 0. The van der Waals surface area contributed by atoms with Gasteiger partial charge in [0, 0.05) is 17.2 Å². The van der Waals surface area contributed by atoms with Crippen molar-refractivity contribution in [2.75, 3.05) is 0 Å². The van der Waals surface area contributed by atoms with Gasteiger partial charge >= 0.3 is 0 Å². The quantitative estimate of drug-likeness (QED) is 0.653. The van der Waals surface area contributed by atoms with Crippen molar-refractivity contribution >= 4 is 5.69 Å². The molecule has 0 radical (unpaired) electrons.